The first kappa shape index (κ1) is 18.4. The fraction of sp³-hybridized carbons (Fsp3) is 0.222. The van der Waals surface area contributed by atoms with E-state index in [1.807, 2.05) is 4.90 Å². The summed E-state index contributed by atoms with van der Waals surface area (Å²) < 4.78 is 14.8. The molecule has 2 heterocycles. The number of tetrazole rings is 1. The van der Waals surface area contributed by atoms with E-state index < -0.39 is 12.2 Å². The molecule has 1 unspecified atom stereocenters. The minimum Gasteiger partial charge on any atom is -0.478 e. The molecule has 1 atom stereocenters. The molecule has 0 saturated carbocycles. The Morgan fingerprint density at radius 3 is 2.79 bits per heavy atom. The number of carbonyl (C=O) groups is 1. The molecule has 2 aromatic carbocycles. The van der Waals surface area contributed by atoms with E-state index in [9.17, 15) is 14.3 Å². The lowest BCUT2D eigenvalue weighted by atomic mass is 10.2. The van der Waals surface area contributed by atoms with E-state index in [-0.39, 0.29) is 11.4 Å². The number of nitrogens with zero attached hydrogens (tertiary/aromatic N) is 5. The zero-order valence-corrected chi connectivity index (χ0v) is 15.4. The number of aliphatic hydroxyl groups is 1. The van der Waals surface area contributed by atoms with E-state index in [0.29, 0.717) is 29.6 Å². The zero-order valence-electron chi connectivity index (χ0n) is 14.6. The fourth-order valence-corrected chi connectivity index (χ4v) is 3.96. The second-order valence-electron chi connectivity index (χ2n) is 6.23. The van der Waals surface area contributed by atoms with Crippen molar-refractivity contribution in [3.8, 4) is 5.69 Å². The smallest absolute Gasteiger partial charge is 0.335 e. The molecule has 3 aromatic rings. The van der Waals surface area contributed by atoms with Crippen molar-refractivity contribution < 1.29 is 19.4 Å². The Bertz CT molecular complexity index is 1010. The van der Waals surface area contributed by atoms with Crippen molar-refractivity contribution >= 4 is 23.4 Å². The molecule has 0 fully saturated rings. The number of aromatic carboxylic acids is 1. The highest BCUT2D eigenvalue weighted by Gasteiger charge is 2.25. The van der Waals surface area contributed by atoms with Crippen LogP contribution in [0.5, 0.6) is 0 Å². The molecular weight excluding hydrogens is 385 g/mol. The Morgan fingerprint density at radius 1 is 1.25 bits per heavy atom. The molecule has 1 aliphatic rings. The summed E-state index contributed by atoms with van der Waals surface area (Å²) in [6, 6.07) is 10.7. The second-order valence-corrected chi connectivity index (χ2v) is 7.22. The van der Waals surface area contributed by atoms with Crippen LogP contribution in [-0.4, -0.2) is 54.9 Å². The predicted molar refractivity (Wildman–Crippen MR) is 100 cm³/mol. The normalized spacial score (nSPS) is 14.1. The van der Waals surface area contributed by atoms with Gasteiger partial charge in [0, 0.05) is 18.0 Å². The largest absolute Gasteiger partial charge is 0.478 e. The summed E-state index contributed by atoms with van der Waals surface area (Å²) in [7, 11) is 0. The van der Waals surface area contributed by atoms with Gasteiger partial charge in [0.25, 0.3) is 0 Å². The highest BCUT2D eigenvalue weighted by atomic mass is 32.2. The third-order valence-corrected chi connectivity index (χ3v) is 5.47. The molecule has 144 valence electrons. The molecule has 0 saturated heterocycles. The molecule has 28 heavy (non-hydrogen) atoms. The number of halogens is 1. The number of carboxylic acids is 1. The summed E-state index contributed by atoms with van der Waals surface area (Å²) in [4.78, 5) is 12.8. The number of benzene rings is 2. The lowest BCUT2D eigenvalue weighted by molar-refractivity contribution is 0.0697. The van der Waals surface area contributed by atoms with E-state index in [4.69, 9.17) is 5.11 Å². The molecule has 0 bridgehead atoms. The van der Waals surface area contributed by atoms with Crippen LogP contribution in [0.15, 0.2) is 47.6 Å². The molecule has 8 nitrogen and oxygen atoms in total. The summed E-state index contributed by atoms with van der Waals surface area (Å²) >= 11 is 1.28. The van der Waals surface area contributed by atoms with Crippen LogP contribution in [0.2, 0.25) is 0 Å². The van der Waals surface area contributed by atoms with Crippen molar-refractivity contribution in [3.63, 3.8) is 0 Å². The standard InChI is InChI=1S/C18H16FN5O3S/c19-13-3-6-15-12(9-13)7-8-23(15)16(25)10-28-18-20-21-22-24(18)14-4-1-11(2-5-14)17(26)27/h1-6,9,16,25H,7-8,10H2,(H,26,27). The van der Waals surface area contributed by atoms with Crippen LogP contribution in [0, 0.1) is 5.82 Å². The number of hydrogen-bond donors (Lipinski definition) is 2. The first-order valence-electron chi connectivity index (χ1n) is 8.51. The van der Waals surface area contributed by atoms with Gasteiger partial charge in [-0.1, -0.05) is 11.8 Å². The number of fused-ring (bicyclic) bond motifs is 1. The molecule has 2 N–H and O–H groups in total. The predicted octanol–water partition coefficient (Wildman–Crippen LogP) is 1.97. The molecule has 0 aliphatic carbocycles. The van der Waals surface area contributed by atoms with Crippen molar-refractivity contribution in [1.82, 2.24) is 20.2 Å². The van der Waals surface area contributed by atoms with Crippen LogP contribution in [0.3, 0.4) is 0 Å². The SMILES string of the molecule is O=C(O)c1ccc(-n2nnnc2SCC(O)N2CCc3cc(F)ccc32)cc1. The number of carboxylic acid groups (broad SMARTS) is 1. The maximum atomic E-state index is 13.4. The van der Waals surface area contributed by atoms with Gasteiger partial charge < -0.3 is 15.1 Å². The zero-order chi connectivity index (χ0) is 19.7. The van der Waals surface area contributed by atoms with Gasteiger partial charge in [-0.25, -0.2) is 9.18 Å². The second kappa shape index (κ2) is 7.56. The first-order valence-corrected chi connectivity index (χ1v) is 9.49. The molecule has 0 spiro atoms. The molecule has 1 aromatic heterocycles. The van der Waals surface area contributed by atoms with Crippen molar-refractivity contribution in [2.24, 2.45) is 0 Å². The Morgan fingerprint density at radius 2 is 2.04 bits per heavy atom. The highest BCUT2D eigenvalue weighted by Crippen LogP contribution is 2.31. The van der Waals surface area contributed by atoms with E-state index in [1.165, 1.54) is 40.7 Å². The van der Waals surface area contributed by atoms with Gasteiger partial charge in [-0.05, 0) is 64.9 Å². The van der Waals surface area contributed by atoms with E-state index in [2.05, 4.69) is 15.5 Å². The number of hydrogen-bond acceptors (Lipinski definition) is 7. The molecule has 10 heteroatoms. The number of anilines is 1. The molecule has 1 aliphatic heterocycles. The van der Waals surface area contributed by atoms with Gasteiger partial charge in [-0.2, -0.15) is 4.68 Å². The van der Waals surface area contributed by atoms with Gasteiger partial charge in [-0.3, -0.25) is 0 Å². The lowest BCUT2D eigenvalue weighted by Gasteiger charge is -2.25. The van der Waals surface area contributed by atoms with Crippen molar-refractivity contribution in [1.29, 1.82) is 0 Å². The summed E-state index contributed by atoms with van der Waals surface area (Å²) in [5.74, 6) is -0.978. The first-order chi connectivity index (χ1) is 13.5. The van der Waals surface area contributed by atoms with E-state index in [0.717, 1.165) is 11.3 Å². The highest BCUT2D eigenvalue weighted by molar-refractivity contribution is 7.99. The summed E-state index contributed by atoms with van der Waals surface area (Å²) in [5, 5.41) is 31.6. The summed E-state index contributed by atoms with van der Waals surface area (Å²) in [6.45, 7) is 0.613. The van der Waals surface area contributed by atoms with Crippen LogP contribution in [0.25, 0.3) is 5.69 Å². The number of aromatic nitrogens is 4. The average molecular weight is 401 g/mol. The number of rotatable bonds is 6. The quantitative estimate of drug-likeness (QED) is 0.604. The maximum absolute atomic E-state index is 13.4. The minimum absolute atomic E-state index is 0.172. The number of aliphatic hydroxyl groups excluding tert-OH is 1. The summed E-state index contributed by atoms with van der Waals surface area (Å²) in [5.41, 5.74) is 2.50. The molecule has 4 rings (SSSR count). The Hall–Kier alpha value is -2.98. The average Bonchev–Trinajstić information content (AvgIpc) is 3.32. The minimum atomic E-state index is -1.01. The third kappa shape index (κ3) is 3.56. The van der Waals surface area contributed by atoms with E-state index in [1.54, 1.807) is 18.2 Å². The maximum Gasteiger partial charge on any atom is 0.335 e. The van der Waals surface area contributed by atoms with Crippen LogP contribution >= 0.6 is 11.8 Å². The van der Waals surface area contributed by atoms with Crippen molar-refractivity contribution in [3.05, 3.63) is 59.4 Å². The lowest BCUT2D eigenvalue weighted by Crippen LogP contribution is -2.35. The van der Waals surface area contributed by atoms with Crippen molar-refractivity contribution in [2.75, 3.05) is 17.2 Å². The van der Waals surface area contributed by atoms with Crippen LogP contribution in [0.4, 0.5) is 10.1 Å². The molecule has 0 amide bonds. The Labute approximate surface area is 163 Å². The van der Waals surface area contributed by atoms with Gasteiger partial charge in [-0.15, -0.1) is 5.10 Å². The van der Waals surface area contributed by atoms with Gasteiger partial charge in [0.1, 0.15) is 12.0 Å². The van der Waals surface area contributed by atoms with Crippen LogP contribution in [-0.2, 0) is 6.42 Å². The van der Waals surface area contributed by atoms with Crippen LogP contribution in [0.1, 0.15) is 15.9 Å². The van der Waals surface area contributed by atoms with Gasteiger partial charge in [0.2, 0.25) is 5.16 Å². The third-order valence-electron chi connectivity index (χ3n) is 4.49. The summed E-state index contributed by atoms with van der Waals surface area (Å²) in [6.07, 6.45) is -0.0982. The fourth-order valence-electron chi connectivity index (χ4n) is 3.12. The van der Waals surface area contributed by atoms with Gasteiger partial charge in [0.15, 0.2) is 0 Å². The van der Waals surface area contributed by atoms with Crippen molar-refractivity contribution in [2.45, 2.75) is 17.8 Å². The number of thioether (sulfide) groups is 1. The topological polar surface area (TPSA) is 104 Å². The Balaban J connectivity index is 1.45. The van der Waals surface area contributed by atoms with Crippen LogP contribution < -0.4 is 4.90 Å². The Kier molecular flexibility index (Phi) is 4.97. The monoisotopic (exact) mass is 401 g/mol. The molecular formula is C18H16FN5O3S. The van der Waals surface area contributed by atoms with Gasteiger partial charge >= 0.3 is 5.97 Å². The van der Waals surface area contributed by atoms with E-state index >= 15 is 0 Å². The van der Waals surface area contributed by atoms with Gasteiger partial charge in [0.05, 0.1) is 11.3 Å². The molecule has 0 radical (unpaired) electrons.